The predicted molar refractivity (Wildman–Crippen MR) is 80.5 cm³/mol. The van der Waals surface area contributed by atoms with Crippen molar-refractivity contribution >= 4 is 33.0 Å². The molecule has 2 aromatic rings. The standard InChI is InChI=1S/C12H16N4O2S2/c1-12(2,3)13-9-6-7-10(15-14-9)16-20(17,18)11-5-4-8-19-11/h4-8H,1-3H3,(H,13,14)(H,15,16). The van der Waals surface area contributed by atoms with Gasteiger partial charge in [-0.2, -0.15) is 0 Å². The van der Waals surface area contributed by atoms with E-state index in [1.165, 1.54) is 6.07 Å². The summed E-state index contributed by atoms with van der Waals surface area (Å²) in [7, 11) is -3.57. The Morgan fingerprint density at radius 2 is 1.75 bits per heavy atom. The minimum atomic E-state index is -3.57. The van der Waals surface area contributed by atoms with Crippen LogP contribution in [-0.2, 0) is 10.0 Å². The molecular weight excluding hydrogens is 296 g/mol. The van der Waals surface area contributed by atoms with Gasteiger partial charge in [-0.05, 0) is 44.4 Å². The van der Waals surface area contributed by atoms with Crippen LogP contribution in [0.15, 0.2) is 33.9 Å². The molecule has 0 radical (unpaired) electrons. The molecular formula is C12H16N4O2S2. The van der Waals surface area contributed by atoms with E-state index in [1.54, 1.807) is 23.6 Å². The van der Waals surface area contributed by atoms with Crippen molar-refractivity contribution in [3.8, 4) is 0 Å². The van der Waals surface area contributed by atoms with Crippen molar-refractivity contribution in [3.63, 3.8) is 0 Å². The van der Waals surface area contributed by atoms with Gasteiger partial charge in [0.05, 0.1) is 0 Å². The first-order valence-electron chi connectivity index (χ1n) is 5.94. The van der Waals surface area contributed by atoms with Crippen molar-refractivity contribution < 1.29 is 8.42 Å². The first kappa shape index (κ1) is 14.7. The Hall–Kier alpha value is -1.67. The van der Waals surface area contributed by atoms with E-state index < -0.39 is 10.0 Å². The summed E-state index contributed by atoms with van der Waals surface area (Å²) in [5, 5.41) is 12.7. The lowest BCUT2D eigenvalue weighted by molar-refractivity contribution is 0.602. The Labute approximate surface area is 122 Å². The van der Waals surface area contributed by atoms with Gasteiger partial charge in [0.15, 0.2) is 5.82 Å². The van der Waals surface area contributed by atoms with E-state index in [2.05, 4.69) is 20.2 Å². The number of sulfonamides is 1. The summed E-state index contributed by atoms with van der Waals surface area (Å²) in [6.07, 6.45) is 0. The minimum absolute atomic E-state index is 0.132. The zero-order valence-corrected chi connectivity index (χ0v) is 13.0. The highest BCUT2D eigenvalue weighted by Crippen LogP contribution is 2.19. The Morgan fingerprint density at radius 1 is 1.10 bits per heavy atom. The molecule has 0 atom stereocenters. The van der Waals surface area contributed by atoms with Gasteiger partial charge in [-0.15, -0.1) is 21.5 Å². The van der Waals surface area contributed by atoms with Crippen LogP contribution in [0.4, 0.5) is 11.6 Å². The van der Waals surface area contributed by atoms with Gasteiger partial charge in [0.25, 0.3) is 10.0 Å². The van der Waals surface area contributed by atoms with Gasteiger partial charge in [-0.25, -0.2) is 8.42 Å². The Kier molecular flexibility index (Phi) is 3.96. The average molecular weight is 312 g/mol. The molecule has 2 rings (SSSR count). The number of anilines is 2. The van der Waals surface area contributed by atoms with E-state index in [0.29, 0.717) is 5.82 Å². The van der Waals surface area contributed by atoms with Gasteiger partial charge in [0.2, 0.25) is 0 Å². The van der Waals surface area contributed by atoms with Crippen molar-refractivity contribution in [3.05, 3.63) is 29.6 Å². The highest BCUT2D eigenvalue weighted by Gasteiger charge is 2.16. The number of thiophene rings is 1. The zero-order valence-electron chi connectivity index (χ0n) is 11.4. The average Bonchev–Trinajstić information content (AvgIpc) is 2.84. The molecule has 8 heteroatoms. The van der Waals surface area contributed by atoms with E-state index in [9.17, 15) is 8.42 Å². The Balaban J connectivity index is 2.12. The third kappa shape index (κ3) is 3.91. The van der Waals surface area contributed by atoms with Crippen LogP contribution in [0.2, 0.25) is 0 Å². The van der Waals surface area contributed by atoms with Crippen LogP contribution in [0.25, 0.3) is 0 Å². The fourth-order valence-electron chi connectivity index (χ4n) is 1.44. The fraction of sp³-hybridized carbons (Fsp3) is 0.333. The summed E-state index contributed by atoms with van der Waals surface area (Å²) in [6, 6.07) is 6.48. The van der Waals surface area contributed by atoms with Crippen LogP contribution in [0.3, 0.4) is 0 Å². The number of nitrogens with one attached hydrogen (secondary N) is 2. The highest BCUT2D eigenvalue weighted by atomic mass is 32.2. The van der Waals surface area contributed by atoms with Gasteiger partial charge in [0, 0.05) is 5.54 Å². The largest absolute Gasteiger partial charge is 0.364 e. The van der Waals surface area contributed by atoms with Crippen LogP contribution in [-0.4, -0.2) is 24.2 Å². The lowest BCUT2D eigenvalue weighted by Gasteiger charge is -2.20. The third-order valence-corrected chi connectivity index (χ3v) is 4.92. The molecule has 0 aliphatic carbocycles. The molecule has 0 amide bonds. The number of rotatable bonds is 4. The number of hydrogen-bond acceptors (Lipinski definition) is 6. The number of hydrogen-bond donors (Lipinski definition) is 2. The van der Waals surface area contributed by atoms with Gasteiger partial charge in [0.1, 0.15) is 10.0 Å². The van der Waals surface area contributed by atoms with Crippen molar-refractivity contribution in [2.24, 2.45) is 0 Å². The van der Waals surface area contributed by atoms with Crippen molar-refractivity contribution in [1.29, 1.82) is 0 Å². The van der Waals surface area contributed by atoms with Crippen molar-refractivity contribution in [1.82, 2.24) is 10.2 Å². The second kappa shape index (κ2) is 5.37. The van der Waals surface area contributed by atoms with Crippen LogP contribution < -0.4 is 10.0 Å². The minimum Gasteiger partial charge on any atom is -0.364 e. The van der Waals surface area contributed by atoms with Crippen LogP contribution in [0.1, 0.15) is 20.8 Å². The van der Waals surface area contributed by atoms with Crippen molar-refractivity contribution in [2.45, 2.75) is 30.5 Å². The second-order valence-corrected chi connectivity index (χ2v) is 8.07. The van der Waals surface area contributed by atoms with Crippen LogP contribution >= 0.6 is 11.3 Å². The van der Waals surface area contributed by atoms with Gasteiger partial charge in [-0.3, -0.25) is 4.72 Å². The fourth-order valence-corrected chi connectivity index (χ4v) is 3.43. The summed E-state index contributed by atoms with van der Waals surface area (Å²) >= 11 is 1.15. The molecule has 20 heavy (non-hydrogen) atoms. The molecule has 0 saturated carbocycles. The summed E-state index contributed by atoms with van der Waals surface area (Å²) in [5.41, 5.74) is -0.132. The maximum absolute atomic E-state index is 12.0. The SMILES string of the molecule is CC(C)(C)Nc1ccc(NS(=O)(=O)c2cccs2)nn1. The summed E-state index contributed by atoms with van der Waals surface area (Å²) in [4.78, 5) is 0. The predicted octanol–water partition coefficient (Wildman–Crippen LogP) is 2.55. The van der Waals surface area contributed by atoms with E-state index in [1.807, 2.05) is 20.8 Å². The lowest BCUT2D eigenvalue weighted by atomic mass is 10.1. The molecule has 0 aliphatic rings. The first-order valence-corrected chi connectivity index (χ1v) is 8.31. The topological polar surface area (TPSA) is 84.0 Å². The van der Waals surface area contributed by atoms with E-state index in [0.717, 1.165) is 11.3 Å². The molecule has 0 spiro atoms. The molecule has 0 aliphatic heterocycles. The van der Waals surface area contributed by atoms with Gasteiger partial charge >= 0.3 is 0 Å². The molecule has 0 bridgehead atoms. The molecule has 2 N–H and O–H groups in total. The molecule has 0 fully saturated rings. The molecule has 2 heterocycles. The number of aromatic nitrogens is 2. The number of nitrogens with zero attached hydrogens (tertiary/aromatic N) is 2. The third-order valence-electron chi connectivity index (χ3n) is 2.17. The monoisotopic (exact) mass is 312 g/mol. The van der Waals surface area contributed by atoms with Gasteiger partial charge < -0.3 is 5.32 Å². The summed E-state index contributed by atoms with van der Waals surface area (Å²) < 4.78 is 26.6. The van der Waals surface area contributed by atoms with E-state index in [4.69, 9.17) is 0 Å². The summed E-state index contributed by atoms with van der Waals surface area (Å²) in [6.45, 7) is 6.01. The van der Waals surface area contributed by atoms with E-state index in [-0.39, 0.29) is 15.6 Å². The smallest absolute Gasteiger partial charge is 0.272 e. The zero-order chi connectivity index (χ0) is 14.8. The highest BCUT2D eigenvalue weighted by molar-refractivity contribution is 7.94. The Morgan fingerprint density at radius 3 is 2.25 bits per heavy atom. The molecule has 108 valence electrons. The van der Waals surface area contributed by atoms with Crippen molar-refractivity contribution in [2.75, 3.05) is 10.0 Å². The molecule has 0 aromatic carbocycles. The quantitative estimate of drug-likeness (QED) is 0.906. The lowest BCUT2D eigenvalue weighted by Crippen LogP contribution is -2.26. The maximum atomic E-state index is 12.0. The van der Waals surface area contributed by atoms with E-state index >= 15 is 0 Å². The van der Waals surface area contributed by atoms with Crippen LogP contribution in [0, 0.1) is 0 Å². The van der Waals surface area contributed by atoms with Gasteiger partial charge in [-0.1, -0.05) is 6.07 Å². The molecule has 2 aromatic heterocycles. The second-order valence-electron chi connectivity index (χ2n) is 5.22. The molecule has 0 saturated heterocycles. The summed E-state index contributed by atoms with van der Waals surface area (Å²) in [5.74, 6) is 0.787. The molecule has 6 nitrogen and oxygen atoms in total. The normalized spacial score (nSPS) is 12.2. The maximum Gasteiger partial charge on any atom is 0.272 e. The molecule has 0 unspecified atom stereocenters. The van der Waals surface area contributed by atoms with Crippen LogP contribution in [0.5, 0.6) is 0 Å². The Bertz CT molecular complexity index is 658. The first-order chi connectivity index (χ1) is 9.26.